The third-order valence-electron chi connectivity index (χ3n) is 2.04. The molecule has 2 N–H and O–H groups in total. The van der Waals surface area contributed by atoms with Gasteiger partial charge in [-0.15, -0.1) is 0 Å². The van der Waals surface area contributed by atoms with Gasteiger partial charge in [-0.3, -0.25) is 0 Å². The molecular weight excluding hydrogens is 222 g/mol. The average Bonchev–Trinajstić information content (AvgIpc) is 2.36. The van der Waals surface area contributed by atoms with Crippen LogP contribution < -0.4 is 10.1 Å². The lowest BCUT2D eigenvalue weighted by atomic mass is 10.3. The zero-order chi connectivity index (χ0) is 12.5. The summed E-state index contributed by atoms with van der Waals surface area (Å²) in [5, 5.41) is 12.2. The van der Waals surface area contributed by atoms with Gasteiger partial charge in [0.1, 0.15) is 12.1 Å². The highest BCUT2D eigenvalue weighted by atomic mass is 16.5. The molecule has 1 aromatic heterocycles. The first kappa shape index (κ1) is 13.7. The Bertz CT molecular complexity index is 323. The summed E-state index contributed by atoms with van der Waals surface area (Å²) in [6.45, 7) is 3.04. The molecule has 0 fully saturated rings. The fourth-order valence-electron chi connectivity index (χ4n) is 1.25. The van der Waals surface area contributed by atoms with Crippen molar-refractivity contribution in [3.05, 3.63) is 12.4 Å². The van der Waals surface area contributed by atoms with Crippen LogP contribution in [0.25, 0.3) is 0 Å². The van der Waals surface area contributed by atoms with Gasteiger partial charge in [-0.25, -0.2) is 9.97 Å². The number of nitrogens with zero attached hydrogens (tertiary/aromatic N) is 2. The molecule has 1 aromatic rings. The van der Waals surface area contributed by atoms with Crippen LogP contribution in [0.4, 0.5) is 5.82 Å². The van der Waals surface area contributed by atoms with Crippen molar-refractivity contribution in [2.45, 2.75) is 19.4 Å². The Morgan fingerprint density at radius 3 is 2.94 bits per heavy atom. The summed E-state index contributed by atoms with van der Waals surface area (Å²) in [5.41, 5.74) is 0. The van der Waals surface area contributed by atoms with Gasteiger partial charge in [-0.2, -0.15) is 0 Å². The lowest BCUT2D eigenvalue weighted by Gasteiger charge is -2.15. The van der Waals surface area contributed by atoms with Crippen molar-refractivity contribution in [2.24, 2.45) is 0 Å². The number of nitrogens with one attached hydrogen (secondary N) is 1. The topological polar surface area (TPSA) is 76.5 Å². The number of aliphatic hydroxyl groups excluding tert-OH is 1. The van der Waals surface area contributed by atoms with Gasteiger partial charge in [-0.1, -0.05) is 6.92 Å². The third kappa shape index (κ3) is 4.97. The van der Waals surface area contributed by atoms with Gasteiger partial charge >= 0.3 is 0 Å². The molecule has 0 radical (unpaired) electrons. The third-order valence-corrected chi connectivity index (χ3v) is 2.04. The molecule has 0 bridgehead atoms. The number of rotatable bonds is 8. The largest absolute Gasteiger partial charge is 0.478 e. The number of anilines is 1. The SMILES string of the molecule is CCCOc1cc(NC(CO)COC)ncn1. The van der Waals surface area contributed by atoms with Crippen LogP contribution in [0.2, 0.25) is 0 Å². The van der Waals surface area contributed by atoms with Crippen LogP contribution in [0.15, 0.2) is 12.4 Å². The Morgan fingerprint density at radius 2 is 2.29 bits per heavy atom. The van der Waals surface area contributed by atoms with Crippen LogP contribution in [0, 0.1) is 0 Å². The fourth-order valence-corrected chi connectivity index (χ4v) is 1.25. The molecular formula is C11H19N3O3. The van der Waals surface area contributed by atoms with Crippen LogP contribution >= 0.6 is 0 Å². The van der Waals surface area contributed by atoms with Crippen molar-refractivity contribution >= 4 is 5.82 Å². The number of aliphatic hydroxyl groups is 1. The Labute approximate surface area is 101 Å². The molecule has 96 valence electrons. The van der Waals surface area contributed by atoms with Gasteiger partial charge in [0.05, 0.1) is 25.9 Å². The maximum atomic E-state index is 9.11. The van der Waals surface area contributed by atoms with Crippen molar-refractivity contribution in [1.82, 2.24) is 9.97 Å². The van der Waals surface area contributed by atoms with E-state index < -0.39 is 0 Å². The molecule has 0 saturated heterocycles. The number of hydrogen-bond donors (Lipinski definition) is 2. The van der Waals surface area contributed by atoms with Gasteiger partial charge in [-0.05, 0) is 6.42 Å². The van der Waals surface area contributed by atoms with Gasteiger partial charge < -0.3 is 19.9 Å². The smallest absolute Gasteiger partial charge is 0.218 e. The van der Waals surface area contributed by atoms with Crippen LogP contribution in [0.3, 0.4) is 0 Å². The summed E-state index contributed by atoms with van der Waals surface area (Å²) in [5.74, 6) is 1.14. The fraction of sp³-hybridized carbons (Fsp3) is 0.636. The van der Waals surface area contributed by atoms with E-state index in [2.05, 4.69) is 15.3 Å². The van der Waals surface area contributed by atoms with E-state index in [-0.39, 0.29) is 12.6 Å². The summed E-state index contributed by atoms with van der Waals surface area (Å²) >= 11 is 0. The Balaban J connectivity index is 2.57. The number of ether oxygens (including phenoxy) is 2. The van der Waals surface area contributed by atoms with E-state index in [0.29, 0.717) is 24.9 Å². The van der Waals surface area contributed by atoms with Crippen LogP contribution in [-0.2, 0) is 4.74 Å². The maximum Gasteiger partial charge on any atom is 0.218 e. The normalized spacial score (nSPS) is 12.2. The summed E-state index contributed by atoms with van der Waals surface area (Å²) < 4.78 is 10.4. The predicted molar refractivity (Wildman–Crippen MR) is 64.2 cm³/mol. The zero-order valence-electron chi connectivity index (χ0n) is 10.2. The molecule has 1 atom stereocenters. The van der Waals surface area contributed by atoms with Crippen LogP contribution in [0.5, 0.6) is 5.88 Å². The molecule has 0 spiro atoms. The van der Waals surface area contributed by atoms with E-state index in [1.54, 1.807) is 13.2 Å². The van der Waals surface area contributed by atoms with Gasteiger partial charge in [0.15, 0.2) is 0 Å². The van der Waals surface area contributed by atoms with E-state index in [4.69, 9.17) is 14.6 Å². The van der Waals surface area contributed by atoms with Crippen molar-refractivity contribution in [2.75, 3.05) is 32.2 Å². The van der Waals surface area contributed by atoms with Crippen molar-refractivity contribution in [1.29, 1.82) is 0 Å². The lowest BCUT2D eigenvalue weighted by Crippen LogP contribution is -2.29. The second-order valence-corrected chi connectivity index (χ2v) is 3.57. The second-order valence-electron chi connectivity index (χ2n) is 3.57. The monoisotopic (exact) mass is 241 g/mol. The van der Waals surface area contributed by atoms with Crippen LogP contribution in [-0.4, -0.2) is 48.0 Å². The standard InChI is InChI=1S/C11H19N3O3/c1-3-4-17-11-5-10(12-8-13-11)14-9(6-15)7-16-2/h5,8-9,15H,3-4,6-7H2,1-2H3,(H,12,13,14). The number of hydrogen-bond acceptors (Lipinski definition) is 6. The first-order chi connectivity index (χ1) is 8.30. The molecule has 6 nitrogen and oxygen atoms in total. The van der Waals surface area contributed by atoms with E-state index in [0.717, 1.165) is 6.42 Å². The highest BCUT2D eigenvalue weighted by Crippen LogP contribution is 2.12. The van der Waals surface area contributed by atoms with Gasteiger partial charge in [0, 0.05) is 13.2 Å². The summed E-state index contributed by atoms with van der Waals surface area (Å²) in [6.07, 6.45) is 2.35. The highest BCUT2D eigenvalue weighted by molar-refractivity contribution is 5.38. The Kier molecular flexibility index (Phi) is 6.27. The van der Waals surface area contributed by atoms with E-state index in [9.17, 15) is 0 Å². The highest BCUT2D eigenvalue weighted by Gasteiger charge is 2.08. The summed E-state index contributed by atoms with van der Waals surface area (Å²) in [7, 11) is 1.58. The number of methoxy groups -OCH3 is 1. The van der Waals surface area contributed by atoms with Crippen molar-refractivity contribution in [3.63, 3.8) is 0 Å². The first-order valence-electron chi connectivity index (χ1n) is 5.61. The molecule has 6 heteroatoms. The van der Waals surface area contributed by atoms with Crippen molar-refractivity contribution in [3.8, 4) is 5.88 Å². The van der Waals surface area contributed by atoms with Crippen molar-refractivity contribution < 1.29 is 14.6 Å². The molecule has 0 saturated carbocycles. The molecule has 1 heterocycles. The van der Waals surface area contributed by atoms with E-state index >= 15 is 0 Å². The maximum absolute atomic E-state index is 9.11. The summed E-state index contributed by atoms with van der Waals surface area (Å²) in [6, 6.07) is 1.52. The molecule has 0 aliphatic rings. The minimum absolute atomic E-state index is 0.0248. The molecule has 17 heavy (non-hydrogen) atoms. The Hall–Kier alpha value is -1.40. The molecule has 0 aliphatic heterocycles. The average molecular weight is 241 g/mol. The van der Waals surface area contributed by atoms with Gasteiger partial charge in [0.2, 0.25) is 5.88 Å². The molecule has 0 amide bonds. The van der Waals surface area contributed by atoms with Crippen LogP contribution in [0.1, 0.15) is 13.3 Å². The summed E-state index contributed by atoms with van der Waals surface area (Å²) in [4.78, 5) is 8.04. The lowest BCUT2D eigenvalue weighted by molar-refractivity contribution is 0.153. The van der Waals surface area contributed by atoms with Gasteiger partial charge in [0.25, 0.3) is 0 Å². The quantitative estimate of drug-likeness (QED) is 0.697. The minimum atomic E-state index is -0.186. The zero-order valence-corrected chi connectivity index (χ0v) is 10.2. The minimum Gasteiger partial charge on any atom is -0.478 e. The molecule has 0 aliphatic carbocycles. The van der Waals surface area contributed by atoms with E-state index in [1.165, 1.54) is 6.33 Å². The second kappa shape index (κ2) is 7.81. The molecule has 0 aromatic carbocycles. The molecule has 1 unspecified atom stereocenters. The predicted octanol–water partition coefficient (Wildman–Crippen LogP) is 0.685. The first-order valence-corrected chi connectivity index (χ1v) is 5.61. The molecule has 1 rings (SSSR count). The van der Waals surface area contributed by atoms with E-state index in [1.807, 2.05) is 6.92 Å². The number of aromatic nitrogens is 2. The Morgan fingerprint density at radius 1 is 1.47 bits per heavy atom.